The number of hydrogen-bond donors (Lipinski definition) is 4. The molecule has 4 N–H and O–H groups in total. The molecule has 4 aliphatic rings. The Hall–Kier alpha value is -3.81. The van der Waals surface area contributed by atoms with Gasteiger partial charge < -0.3 is 20.6 Å². The normalized spacial score (nSPS) is 27.5. The Labute approximate surface area is 244 Å². The summed E-state index contributed by atoms with van der Waals surface area (Å²) < 4.78 is -0.684. The maximum Gasteiger partial charge on any atom is 0.342 e. The zero-order valence-corrected chi connectivity index (χ0v) is 23.6. The molecule has 2 aromatic rings. The highest BCUT2D eigenvalue weighted by Crippen LogP contribution is 2.50. The maximum absolute atomic E-state index is 13.0. The van der Waals surface area contributed by atoms with Crippen molar-refractivity contribution in [3.63, 3.8) is 0 Å². The monoisotopic (exact) mass is 598 g/mol. The number of halogens is 1. The maximum atomic E-state index is 13.0. The second-order valence-corrected chi connectivity index (χ2v) is 13.1. The van der Waals surface area contributed by atoms with Crippen LogP contribution in [0.2, 0.25) is 5.02 Å². The Morgan fingerprint density at radius 1 is 1.15 bits per heavy atom. The number of rotatable bonds is 6. The summed E-state index contributed by atoms with van der Waals surface area (Å²) in [5, 5.41) is 16.6. The van der Waals surface area contributed by atoms with E-state index in [0.717, 1.165) is 10.5 Å². The molecule has 2 aromatic carbocycles. The van der Waals surface area contributed by atoms with E-state index in [4.69, 9.17) is 11.6 Å². The van der Waals surface area contributed by atoms with Crippen molar-refractivity contribution >= 4 is 58.9 Å². The average molecular weight is 599 g/mol. The molecular formula is C27H27ClN6O6S. The standard InChI is InChI=1S/C27H27ClN6O6S/c1-27(2)21(24(37)38)33-22(36)20(23(33)41-27)30-18(35)11-13-6-5-7-14(10-13)29-25(39)32-12-17-19(31-34(17)26(32)40)15-8-3-4-9-16(15)28/h3-10,17,19-21,23,31H,11-12H2,1-2H3,(H,29,39)(H,30,35)(H,37,38)/t17?,19?,20-,21+,23-/m1/s1. The number of aliphatic carboxylic acids is 1. The molecule has 6 amide bonds. The summed E-state index contributed by atoms with van der Waals surface area (Å²) in [7, 11) is 0. The van der Waals surface area contributed by atoms with Crippen LogP contribution in [0.25, 0.3) is 0 Å². The van der Waals surface area contributed by atoms with Crippen molar-refractivity contribution in [3.8, 4) is 0 Å². The van der Waals surface area contributed by atoms with Crippen molar-refractivity contribution in [2.75, 3.05) is 11.9 Å². The molecule has 0 spiro atoms. The predicted octanol–water partition coefficient (Wildman–Crippen LogP) is 2.41. The van der Waals surface area contributed by atoms with Gasteiger partial charge >= 0.3 is 18.0 Å². The molecule has 41 heavy (non-hydrogen) atoms. The van der Waals surface area contributed by atoms with Gasteiger partial charge in [-0.25, -0.2) is 24.7 Å². The van der Waals surface area contributed by atoms with Crippen LogP contribution in [0, 0.1) is 0 Å². The third-order valence-electron chi connectivity index (χ3n) is 7.82. The number of nitrogens with one attached hydrogen (secondary N) is 3. The van der Waals surface area contributed by atoms with Crippen molar-refractivity contribution in [1.29, 1.82) is 0 Å². The number of urea groups is 2. The van der Waals surface area contributed by atoms with Gasteiger partial charge in [0.05, 0.1) is 25.0 Å². The molecule has 14 heteroatoms. The topological polar surface area (TPSA) is 151 Å². The minimum atomic E-state index is -1.07. The lowest BCUT2D eigenvalue weighted by Gasteiger charge is -2.43. The number of nitrogens with zero attached hydrogens (tertiary/aromatic N) is 3. The first-order valence-corrected chi connectivity index (χ1v) is 14.3. The van der Waals surface area contributed by atoms with Gasteiger partial charge in [-0.1, -0.05) is 41.9 Å². The van der Waals surface area contributed by atoms with Crippen molar-refractivity contribution < 1.29 is 29.1 Å². The molecular weight excluding hydrogens is 572 g/mol. The number of benzene rings is 2. The number of carboxylic acid groups (broad SMARTS) is 1. The van der Waals surface area contributed by atoms with E-state index in [1.54, 1.807) is 44.2 Å². The summed E-state index contributed by atoms with van der Waals surface area (Å²) in [6.07, 6.45) is -0.0570. The van der Waals surface area contributed by atoms with Gasteiger partial charge in [0.25, 0.3) is 0 Å². The highest BCUT2D eigenvalue weighted by molar-refractivity contribution is 8.01. The summed E-state index contributed by atoms with van der Waals surface area (Å²) in [5.41, 5.74) is 4.90. The number of carbonyl (C=O) groups excluding carboxylic acids is 4. The summed E-state index contributed by atoms with van der Waals surface area (Å²) in [5.74, 6) is -1.89. The van der Waals surface area contributed by atoms with Crippen molar-refractivity contribution in [1.82, 2.24) is 25.6 Å². The van der Waals surface area contributed by atoms with E-state index >= 15 is 0 Å². The van der Waals surface area contributed by atoms with E-state index in [1.165, 1.54) is 21.7 Å². The zero-order valence-electron chi connectivity index (χ0n) is 22.0. The van der Waals surface area contributed by atoms with Gasteiger partial charge in [0.1, 0.15) is 17.5 Å². The first-order chi connectivity index (χ1) is 19.5. The fourth-order valence-electron chi connectivity index (χ4n) is 5.86. The third-order valence-corrected chi connectivity index (χ3v) is 9.74. The predicted molar refractivity (Wildman–Crippen MR) is 150 cm³/mol. The molecule has 12 nitrogen and oxygen atoms in total. The minimum Gasteiger partial charge on any atom is -0.480 e. The van der Waals surface area contributed by atoms with Crippen LogP contribution in [0.5, 0.6) is 0 Å². The van der Waals surface area contributed by atoms with Gasteiger partial charge in [0.2, 0.25) is 11.8 Å². The minimum absolute atomic E-state index is 0.0570. The van der Waals surface area contributed by atoms with Gasteiger partial charge in [0, 0.05) is 15.5 Å². The van der Waals surface area contributed by atoms with E-state index in [-0.39, 0.29) is 25.0 Å². The molecule has 6 rings (SSSR count). The fourth-order valence-corrected chi connectivity index (χ4v) is 7.74. The van der Waals surface area contributed by atoms with Gasteiger partial charge in [-0.2, -0.15) is 0 Å². The average Bonchev–Trinajstić information content (AvgIpc) is 3.30. The van der Waals surface area contributed by atoms with Crippen molar-refractivity contribution in [2.45, 2.75) is 54.6 Å². The molecule has 214 valence electrons. The second-order valence-electron chi connectivity index (χ2n) is 10.9. The van der Waals surface area contributed by atoms with E-state index in [2.05, 4.69) is 16.1 Å². The SMILES string of the molecule is CC1(C)S[C@@H]2[C@H](NC(=O)Cc3cccc(NC(=O)N4CC5C(c6ccccc6Cl)NN5C4=O)c3)C(=O)N2[C@H]1C(=O)O. The third kappa shape index (κ3) is 4.57. The van der Waals surface area contributed by atoms with Crippen LogP contribution >= 0.6 is 23.4 Å². The van der Waals surface area contributed by atoms with Crippen LogP contribution < -0.4 is 16.1 Å². The molecule has 0 radical (unpaired) electrons. The van der Waals surface area contributed by atoms with Crippen LogP contribution in [0.4, 0.5) is 15.3 Å². The zero-order chi connectivity index (χ0) is 29.2. The van der Waals surface area contributed by atoms with Gasteiger partial charge in [-0.3, -0.25) is 14.6 Å². The number of hydrogen-bond acceptors (Lipinski definition) is 7. The first kappa shape index (κ1) is 27.4. The molecule has 4 saturated heterocycles. The Balaban J connectivity index is 1.05. The summed E-state index contributed by atoms with van der Waals surface area (Å²) in [6, 6.07) is 10.7. The quantitative estimate of drug-likeness (QED) is 0.370. The lowest BCUT2D eigenvalue weighted by atomic mass is 9.96. The molecule has 4 heterocycles. The molecule has 5 atom stereocenters. The van der Waals surface area contributed by atoms with E-state index in [0.29, 0.717) is 16.3 Å². The van der Waals surface area contributed by atoms with Crippen LogP contribution in [-0.2, 0) is 20.8 Å². The summed E-state index contributed by atoms with van der Waals surface area (Å²) in [4.78, 5) is 65.4. The fraction of sp³-hybridized carbons (Fsp3) is 0.370. The Kier molecular flexibility index (Phi) is 6.63. The molecule has 0 bridgehead atoms. The first-order valence-electron chi connectivity index (χ1n) is 13.0. The number of thioether (sulfide) groups is 1. The molecule has 0 saturated carbocycles. The molecule has 0 aliphatic carbocycles. The number of imide groups is 1. The Morgan fingerprint density at radius 2 is 1.90 bits per heavy atom. The summed E-state index contributed by atoms with van der Waals surface area (Å²) in [6.45, 7) is 3.72. The van der Waals surface area contributed by atoms with Crippen LogP contribution in [0.15, 0.2) is 48.5 Å². The van der Waals surface area contributed by atoms with Crippen LogP contribution in [0.3, 0.4) is 0 Å². The van der Waals surface area contributed by atoms with E-state index in [1.807, 2.05) is 18.2 Å². The number of β-lactam (4-membered cyclic amide) rings is 1. The smallest absolute Gasteiger partial charge is 0.342 e. The molecule has 4 aliphatic heterocycles. The van der Waals surface area contributed by atoms with Crippen LogP contribution in [0.1, 0.15) is 31.0 Å². The van der Waals surface area contributed by atoms with Crippen LogP contribution in [-0.4, -0.2) is 84.6 Å². The summed E-state index contributed by atoms with van der Waals surface area (Å²) >= 11 is 7.66. The second kappa shape index (κ2) is 9.93. The number of amides is 6. The Morgan fingerprint density at radius 3 is 2.63 bits per heavy atom. The Bertz CT molecular complexity index is 1490. The lowest BCUT2D eigenvalue weighted by molar-refractivity contribution is -0.161. The molecule has 0 aromatic heterocycles. The highest BCUT2D eigenvalue weighted by Gasteiger charge is 2.64. The van der Waals surface area contributed by atoms with Crippen molar-refractivity contribution in [2.24, 2.45) is 0 Å². The lowest BCUT2D eigenvalue weighted by Crippen LogP contribution is -2.70. The number of carbonyl (C=O) groups is 5. The number of hydrazine groups is 1. The number of carboxylic acids is 1. The van der Waals surface area contributed by atoms with Gasteiger partial charge in [-0.05, 0) is 43.2 Å². The van der Waals surface area contributed by atoms with E-state index in [9.17, 15) is 29.1 Å². The van der Waals surface area contributed by atoms with Gasteiger partial charge in [0.15, 0.2) is 0 Å². The highest BCUT2D eigenvalue weighted by atomic mass is 35.5. The number of anilines is 1. The largest absolute Gasteiger partial charge is 0.480 e. The molecule has 4 fully saturated rings. The number of fused-ring (bicyclic) bond motifs is 2. The van der Waals surface area contributed by atoms with E-state index < -0.39 is 52.1 Å². The molecule has 2 unspecified atom stereocenters. The van der Waals surface area contributed by atoms with Crippen molar-refractivity contribution in [3.05, 3.63) is 64.7 Å². The van der Waals surface area contributed by atoms with Gasteiger partial charge in [-0.15, -0.1) is 11.8 Å².